The van der Waals surface area contributed by atoms with Gasteiger partial charge in [0.05, 0.1) is 6.61 Å². The van der Waals surface area contributed by atoms with Crippen molar-refractivity contribution in [1.82, 2.24) is 10.2 Å². The molecule has 13 heavy (non-hydrogen) atoms. The monoisotopic (exact) mass is 202 g/mol. The fourth-order valence-electron chi connectivity index (χ4n) is 0.727. The molecule has 0 aliphatic carbocycles. The Morgan fingerprint density at radius 2 is 2.38 bits per heavy atom. The Morgan fingerprint density at radius 3 is 2.92 bits per heavy atom. The van der Waals surface area contributed by atoms with Gasteiger partial charge in [0.1, 0.15) is 5.56 Å². The average molecular weight is 203 g/mol. The van der Waals surface area contributed by atoms with Crippen LogP contribution in [-0.4, -0.2) is 27.9 Å². The number of carboxylic acids is 1. The number of carboxylic acid groups (broad SMARTS) is 1. The molecule has 0 radical (unpaired) electrons. The second kappa shape index (κ2) is 4.04. The van der Waals surface area contributed by atoms with Gasteiger partial charge >= 0.3 is 5.97 Å². The van der Waals surface area contributed by atoms with E-state index in [1.54, 1.807) is 6.92 Å². The lowest BCUT2D eigenvalue weighted by atomic mass is 10.3. The number of ether oxygens (including phenoxy) is 1. The molecule has 0 spiro atoms. The van der Waals surface area contributed by atoms with Crippen molar-refractivity contribution in [2.24, 2.45) is 0 Å². The van der Waals surface area contributed by atoms with E-state index in [0.717, 1.165) is 0 Å². The van der Waals surface area contributed by atoms with Crippen LogP contribution in [-0.2, 0) is 0 Å². The summed E-state index contributed by atoms with van der Waals surface area (Å²) in [5.41, 5.74) is -0.111. The lowest BCUT2D eigenvalue weighted by Crippen LogP contribution is -2.03. The Bertz CT molecular complexity index is 330. The summed E-state index contributed by atoms with van der Waals surface area (Å²) in [5, 5.41) is 15.5. The van der Waals surface area contributed by atoms with E-state index >= 15 is 0 Å². The minimum Gasteiger partial charge on any atom is -0.478 e. The molecular formula is C7H7ClN2O3. The van der Waals surface area contributed by atoms with Gasteiger partial charge in [0.15, 0.2) is 5.15 Å². The normalized spacial score (nSPS) is 9.69. The Labute approximate surface area is 79.3 Å². The average Bonchev–Trinajstić information content (AvgIpc) is 2.08. The molecule has 70 valence electrons. The zero-order valence-corrected chi connectivity index (χ0v) is 7.58. The van der Waals surface area contributed by atoms with E-state index in [1.807, 2.05) is 0 Å². The smallest absolute Gasteiger partial charge is 0.339 e. The van der Waals surface area contributed by atoms with Crippen molar-refractivity contribution < 1.29 is 14.6 Å². The lowest BCUT2D eigenvalue weighted by Gasteiger charge is -2.01. The molecule has 0 aliphatic rings. The van der Waals surface area contributed by atoms with Gasteiger partial charge in [-0.1, -0.05) is 11.6 Å². The van der Waals surface area contributed by atoms with E-state index in [1.165, 1.54) is 6.07 Å². The highest BCUT2D eigenvalue weighted by Crippen LogP contribution is 2.16. The highest BCUT2D eigenvalue weighted by Gasteiger charge is 2.12. The first-order valence-electron chi connectivity index (χ1n) is 3.54. The third-order valence-electron chi connectivity index (χ3n) is 1.25. The van der Waals surface area contributed by atoms with Crippen LogP contribution >= 0.6 is 11.6 Å². The predicted molar refractivity (Wildman–Crippen MR) is 45.2 cm³/mol. The van der Waals surface area contributed by atoms with E-state index in [2.05, 4.69) is 10.2 Å². The number of halogens is 1. The van der Waals surface area contributed by atoms with Gasteiger partial charge in [-0.2, -0.15) is 0 Å². The van der Waals surface area contributed by atoms with Crippen LogP contribution in [0.1, 0.15) is 17.3 Å². The largest absolute Gasteiger partial charge is 0.478 e. The van der Waals surface area contributed by atoms with Crippen molar-refractivity contribution in [2.45, 2.75) is 6.92 Å². The summed E-state index contributed by atoms with van der Waals surface area (Å²) in [5.74, 6) is -0.995. The first-order chi connectivity index (χ1) is 6.15. The molecule has 1 aromatic heterocycles. The van der Waals surface area contributed by atoms with Crippen molar-refractivity contribution >= 4 is 17.6 Å². The predicted octanol–water partition coefficient (Wildman–Crippen LogP) is 1.23. The van der Waals surface area contributed by atoms with Crippen molar-refractivity contribution in [1.29, 1.82) is 0 Å². The van der Waals surface area contributed by atoms with Crippen LogP contribution in [0.3, 0.4) is 0 Å². The van der Waals surface area contributed by atoms with Crippen molar-refractivity contribution in [3.8, 4) is 5.88 Å². The number of nitrogens with zero attached hydrogens (tertiary/aromatic N) is 2. The van der Waals surface area contributed by atoms with Crippen LogP contribution in [0.25, 0.3) is 0 Å². The molecule has 0 amide bonds. The maximum absolute atomic E-state index is 10.6. The summed E-state index contributed by atoms with van der Waals surface area (Å²) in [6, 6.07) is 1.24. The minimum atomic E-state index is -1.15. The van der Waals surface area contributed by atoms with E-state index in [4.69, 9.17) is 21.4 Å². The molecule has 1 heterocycles. The highest BCUT2D eigenvalue weighted by molar-refractivity contribution is 6.32. The van der Waals surface area contributed by atoms with Crippen LogP contribution in [0.5, 0.6) is 5.88 Å². The molecule has 0 aliphatic heterocycles. The fraction of sp³-hybridized carbons (Fsp3) is 0.286. The summed E-state index contributed by atoms with van der Waals surface area (Å²) in [6.07, 6.45) is 0. The number of aromatic carboxylic acids is 1. The van der Waals surface area contributed by atoms with Crippen LogP contribution in [0.15, 0.2) is 6.07 Å². The third-order valence-corrected chi connectivity index (χ3v) is 1.53. The number of rotatable bonds is 3. The van der Waals surface area contributed by atoms with Crippen LogP contribution in [0.2, 0.25) is 5.15 Å². The maximum atomic E-state index is 10.6. The molecule has 0 saturated carbocycles. The SMILES string of the molecule is CCOc1cc(C(=O)O)c(Cl)nn1. The van der Waals surface area contributed by atoms with Crippen LogP contribution in [0.4, 0.5) is 0 Å². The zero-order valence-electron chi connectivity index (χ0n) is 6.82. The molecule has 0 aromatic carbocycles. The number of hydrogen-bond donors (Lipinski definition) is 1. The molecule has 0 fully saturated rings. The van der Waals surface area contributed by atoms with E-state index in [9.17, 15) is 4.79 Å². The molecule has 0 atom stereocenters. The molecule has 6 heteroatoms. The highest BCUT2D eigenvalue weighted by atomic mass is 35.5. The van der Waals surface area contributed by atoms with Gasteiger partial charge in [0.25, 0.3) is 0 Å². The second-order valence-electron chi connectivity index (χ2n) is 2.13. The van der Waals surface area contributed by atoms with Gasteiger partial charge in [-0.15, -0.1) is 10.2 Å². The molecule has 0 unspecified atom stereocenters. The fourth-order valence-corrected chi connectivity index (χ4v) is 0.901. The summed E-state index contributed by atoms with van der Waals surface area (Å²) in [6.45, 7) is 2.16. The first kappa shape index (κ1) is 9.73. The molecule has 0 saturated heterocycles. The maximum Gasteiger partial charge on any atom is 0.339 e. The minimum absolute atomic E-state index is 0.111. The van der Waals surface area contributed by atoms with Gasteiger partial charge < -0.3 is 9.84 Å². The Balaban J connectivity index is 3.04. The molecule has 0 bridgehead atoms. The van der Waals surface area contributed by atoms with Gasteiger partial charge in [-0.3, -0.25) is 0 Å². The number of carbonyl (C=O) groups is 1. The van der Waals surface area contributed by atoms with Gasteiger partial charge in [-0.25, -0.2) is 4.79 Å². The van der Waals surface area contributed by atoms with E-state index < -0.39 is 5.97 Å². The lowest BCUT2D eigenvalue weighted by molar-refractivity contribution is 0.0695. The third kappa shape index (κ3) is 2.29. The summed E-state index contributed by atoms with van der Waals surface area (Å²) in [4.78, 5) is 10.6. The van der Waals surface area contributed by atoms with Crippen molar-refractivity contribution in [3.05, 3.63) is 16.8 Å². The van der Waals surface area contributed by atoms with Gasteiger partial charge in [0, 0.05) is 6.07 Å². The standard InChI is InChI=1S/C7H7ClN2O3/c1-2-13-5-3-4(7(11)12)6(8)10-9-5/h3H,2H2,1H3,(H,11,12). The zero-order chi connectivity index (χ0) is 9.84. The van der Waals surface area contributed by atoms with Crippen LogP contribution < -0.4 is 4.74 Å². The summed E-state index contributed by atoms with van der Waals surface area (Å²) in [7, 11) is 0. The van der Waals surface area contributed by atoms with E-state index in [0.29, 0.717) is 6.61 Å². The Morgan fingerprint density at radius 1 is 1.69 bits per heavy atom. The van der Waals surface area contributed by atoms with Gasteiger partial charge in [-0.05, 0) is 6.92 Å². The summed E-state index contributed by atoms with van der Waals surface area (Å²) >= 11 is 5.48. The topological polar surface area (TPSA) is 72.3 Å². The van der Waals surface area contributed by atoms with Crippen molar-refractivity contribution in [3.63, 3.8) is 0 Å². The molecule has 1 rings (SSSR count). The Kier molecular flexibility index (Phi) is 3.02. The van der Waals surface area contributed by atoms with Gasteiger partial charge in [0.2, 0.25) is 5.88 Å². The van der Waals surface area contributed by atoms with Crippen molar-refractivity contribution in [2.75, 3.05) is 6.61 Å². The van der Waals surface area contributed by atoms with E-state index in [-0.39, 0.29) is 16.6 Å². The molecule has 1 N–H and O–H groups in total. The molecule has 5 nitrogen and oxygen atoms in total. The van der Waals surface area contributed by atoms with Crippen LogP contribution in [0, 0.1) is 0 Å². The second-order valence-corrected chi connectivity index (χ2v) is 2.48. The Hall–Kier alpha value is -1.36. The number of aromatic nitrogens is 2. The summed E-state index contributed by atoms with van der Waals surface area (Å²) < 4.78 is 4.96. The number of hydrogen-bond acceptors (Lipinski definition) is 4. The first-order valence-corrected chi connectivity index (χ1v) is 3.92. The molecular weight excluding hydrogens is 196 g/mol. The molecule has 1 aromatic rings. The quantitative estimate of drug-likeness (QED) is 0.798.